The van der Waals surface area contributed by atoms with Gasteiger partial charge in [-0.1, -0.05) is 30.3 Å². The molecule has 0 N–H and O–H groups in total. The van der Waals surface area contributed by atoms with Gasteiger partial charge in [-0.2, -0.15) is 0 Å². The number of para-hydroxylation sites is 2. The highest BCUT2D eigenvalue weighted by molar-refractivity contribution is 6.34. The van der Waals surface area contributed by atoms with Crippen molar-refractivity contribution >= 4 is 35.1 Å². The monoisotopic (exact) mass is 470 g/mol. The molecule has 1 fully saturated rings. The predicted molar refractivity (Wildman–Crippen MR) is 128 cm³/mol. The summed E-state index contributed by atoms with van der Waals surface area (Å²) in [6.07, 6.45) is 0.0113. The highest BCUT2D eigenvalue weighted by Crippen LogP contribution is 2.34. The lowest BCUT2D eigenvalue weighted by Crippen LogP contribution is -2.29. The van der Waals surface area contributed by atoms with Gasteiger partial charge in [-0.05, 0) is 43.3 Å². The van der Waals surface area contributed by atoms with Crippen LogP contribution in [-0.2, 0) is 9.59 Å². The number of nitrogens with zero attached hydrogens (tertiary/aromatic N) is 2. The molecule has 0 aliphatic carbocycles. The standard InChI is InChI=1S/C27H22N2O6/c1-2-34-23-13-6-5-12-22(23)28-16-17(14-24(28)30)27(33)35-19-9-7-8-18(15-19)29-25(31)20-10-3-4-11-21(20)26(29)32/h3-13,15,17H,2,14,16H2,1H3/t17-/m0/s1. The molecule has 2 aliphatic heterocycles. The summed E-state index contributed by atoms with van der Waals surface area (Å²) < 4.78 is 11.2. The SMILES string of the molecule is CCOc1ccccc1N1C[C@@H](C(=O)Oc2cccc(N3C(=O)c4ccccc4C3=O)c2)CC1=O. The number of rotatable bonds is 6. The first-order chi connectivity index (χ1) is 17.0. The van der Waals surface area contributed by atoms with Gasteiger partial charge < -0.3 is 14.4 Å². The summed E-state index contributed by atoms with van der Waals surface area (Å²) in [6, 6.07) is 20.0. The Morgan fingerprint density at radius 3 is 2.31 bits per heavy atom. The molecule has 0 bridgehead atoms. The van der Waals surface area contributed by atoms with Crippen molar-refractivity contribution in [2.45, 2.75) is 13.3 Å². The summed E-state index contributed by atoms with van der Waals surface area (Å²) in [7, 11) is 0. The van der Waals surface area contributed by atoms with E-state index < -0.39 is 23.7 Å². The quantitative estimate of drug-likeness (QED) is 0.309. The average molecular weight is 470 g/mol. The molecule has 0 unspecified atom stereocenters. The molecule has 5 rings (SSSR count). The van der Waals surface area contributed by atoms with Crippen LogP contribution in [0.15, 0.2) is 72.8 Å². The van der Waals surface area contributed by atoms with E-state index in [-0.39, 0.29) is 24.6 Å². The highest BCUT2D eigenvalue weighted by Gasteiger charge is 2.38. The lowest BCUT2D eigenvalue weighted by molar-refractivity contribution is -0.139. The summed E-state index contributed by atoms with van der Waals surface area (Å²) in [5, 5.41) is 0. The lowest BCUT2D eigenvalue weighted by Gasteiger charge is -2.20. The maximum Gasteiger partial charge on any atom is 0.316 e. The van der Waals surface area contributed by atoms with Crippen LogP contribution in [0.4, 0.5) is 11.4 Å². The van der Waals surface area contributed by atoms with Crippen LogP contribution in [0.25, 0.3) is 0 Å². The van der Waals surface area contributed by atoms with Crippen molar-refractivity contribution in [2.24, 2.45) is 5.92 Å². The van der Waals surface area contributed by atoms with Gasteiger partial charge in [0.05, 0.1) is 35.0 Å². The normalized spacial score (nSPS) is 17.1. The summed E-state index contributed by atoms with van der Waals surface area (Å²) in [6.45, 7) is 2.48. The Hall–Kier alpha value is -4.46. The van der Waals surface area contributed by atoms with Gasteiger partial charge in [0.25, 0.3) is 11.8 Å². The molecule has 176 valence electrons. The number of ether oxygens (including phenoxy) is 2. The number of fused-ring (bicyclic) bond motifs is 1. The number of anilines is 2. The molecule has 0 radical (unpaired) electrons. The Morgan fingerprint density at radius 2 is 1.60 bits per heavy atom. The fraction of sp³-hybridized carbons (Fsp3) is 0.185. The molecule has 0 aromatic heterocycles. The van der Waals surface area contributed by atoms with Crippen LogP contribution < -0.4 is 19.3 Å². The van der Waals surface area contributed by atoms with Gasteiger partial charge in [-0.25, -0.2) is 4.90 Å². The third-order valence-corrected chi connectivity index (χ3v) is 6.00. The zero-order valence-electron chi connectivity index (χ0n) is 19.0. The van der Waals surface area contributed by atoms with E-state index in [1.165, 1.54) is 11.0 Å². The van der Waals surface area contributed by atoms with Crippen molar-refractivity contribution in [2.75, 3.05) is 23.0 Å². The molecular formula is C27H22N2O6. The van der Waals surface area contributed by atoms with Gasteiger partial charge in [0.2, 0.25) is 5.91 Å². The van der Waals surface area contributed by atoms with Crippen molar-refractivity contribution in [1.82, 2.24) is 0 Å². The minimum absolute atomic E-state index is 0.0113. The van der Waals surface area contributed by atoms with Crippen LogP contribution in [0, 0.1) is 5.92 Å². The third kappa shape index (κ3) is 4.03. The largest absolute Gasteiger partial charge is 0.492 e. The minimum atomic E-state index is -0.667. The molecule has 3 aromatic carbocycles. The van der Waals surface area contributed by atoms with Crippen LogP contribution in [0.5, 0.6) is 11.5 Å². The van der Waals surface area contributed by atoms with E-state index in [1.807, 2.05) is 19.1 Å². The fourth-order valence-electron chi connectivity index (χ4n) is 4.37. The van der Waals surface area contributed by atoms with Gasteiger partial charge in [0, 0.05) is 19.0 Å². The second-order valence-electron chi connectivity index (χ2n) is 8.22. The molecule has 0 saturated carbocycles. The van der Waals surface area contributed by atoms with Crippen LogP contribution in [0.1, 0.15) is 34.1 Å². The molecule has 1 atom stereocenters. The van der Waals surface area contributed by atoms with Crippen LogP contribution in [-0.4, -0.2) is 36.8 Å². The van der Waals surface area contributed by atoms with Crippen LogP contribution >= 0.6 is 0 Å². The third-order valence-electron chi connectivity index (χ3n) is 6.00. The number of hydrogen-bond acceptors (Lipinski definition) is 6. The summed E-state index contributed by atoms with van der Waals surface area (Å²) in [4.78, 5) is 53.7. The summed E-state index contributed by atoms with van der Waals surface area (Å²) >= 11 is 0. The first-order valence-electron chi connectivity index (χ1n) is 11.3. The Bertz CT molecular complexity index is 1320. The van der Waals surface area contributed by atoms with E-state index in [9.17, 15) is 19.2 Å². The van der Waals surface area contributed by atoms with Crippen molar-refractivity contribution < 1.29 is 28.7 Å². The molecule has 3 amide bonds. The van der Waals surface area contributed by atoms with Gasteiger partial charge in [-0.3, -0.25) is 19.2 Å². The number of carbonyl (C=O) groups excluding carboxylic acids is 4. The van der Waals surface area contributed by atoms with Gasteiger partial charge in [0.15, 0.2) is 0 Å². The van der Waals surface area contributed by atoms with E-state index in [0.29, 0.717) is 34.9 Å². The van der Waals surface area contributed by atoms with Gasteiger partial charge in [-0.15, -0.1) is 0 Å². The van der Waals surface area contributed by atoms with E-state index in [4.69, 9.17) is 9.47 Å². The molecule has 8 nitrogen and oxygen atoms in total. The molecule has 8 heteroatoms. The Balaban J connectivity index is 1.31. The Kier molecular flexibility index (Phi) is 5.78. The number of imide groups is 1. The molecule has 2 aliphatic rings. The van der Waals surface area contributed by atoms with Gasteiger partial charge in [0.1, 0.15) is 11.5 Å². The summed E-state index contributed by atoms with van der Waals surface area (Å²) in [5.41, 5.74) is 1.58. The first kappa shape index (κ1) is 22.3. The van der Waals surface area contributed by atoms with E-state index >= 15 is 0 Å². The first-order valence-corrected chi connectivity index (χ1v) is 11.3. The second-order valence-corrected chi connectivity index (χ2v) is 8.22. The Labute approximate surface area is 201 Å². The number of carbonyl (C=O) groups is 4. The van der Waals surface area contributed by atoms with Crippen LogP contribution in [0.2, 0.25) is 0 Å². The van der Waals surface area contributed by atoms with Crippen molar-refractivity contribution in [3.05, 3.63) is 83.9 Å². The maximum atomic E-state index is 12.9. The molecule has 1 saturated heterocycles. The lowest BCUT2D eigenvalue weighted by atomic mass is 10.1. The average Bonchev–Trinajstić information content (AvgIpc) is 3.37. The zero-order valence-corrected chi connectivity index (χ0v) is 19.0. The second kappa shape index (κ2) is 9.06. The van der Waals surface area contributed by atoms with E-state index in [2.05, 4.69) is 0 Å². The smallest absolute Gasteiger partial charge is 0.316 e. The molecular weight excluding hydrogens is 448 g/mol. The number of esters is 1. The highest BCUT2D eigenvalue weighted by atomic mass is 16.5. The van der Waals surface area contributed by atoms with Crippen molar-refractivity contribution in [3.63, 3.8) is 0 Å². The van der Waals surface area contributed by atoms with Gasteiger partial charge >= 0.3 is 5.97 Å². The summed E-state index contributed by atoms with van der Waals surface area (Å²) in [5.74, 6) is -1.53. The minimum Gasteiger partial charge on any atom is -0.492 e. The fourth-order valence-corrected chi connectivity index (χ4v) is 4.37. The molecule has 35 heavy (non-hydrogen) atoms. The predicted octanol–water partition coefficient (Wildman–Crippen LogP) is 3.84. The van der Waals surface area contributed by atoms with Crippen molar-refractivity contribution in [1.29, 1.82) is 0 Å². The molecule has 2 heterocycles. The van der Waals surface area contributed by atoms with E-state index in [0.717, 1.165) is 4.90 Å². The Morgan fingerprint density at radius 1 is 0.914 bits per heavy atom. The topological polar surface area (TPSA) is 93.2 Å². The number of hydrogen-bond donors (Lipinski definition) is 0. The molecule has 0 spiro atoms. The number of amides is 3. The van der Waals surface area contributed by atoms with E-state index in [1.54, 1.807) is 54.6 Å². The zero-order chi connectivity index (χ0) is 24.5. The van der Waals surface area contributed by atoms with Crippen molar-refractivity contribution in [3.8, 4) is 11.5 Å². The van der Waals surface area contributed by atoms with Crippen LogP contribution in [0.3, 0.4) is 0 Å². The maximum absolute atomic E-state index is 12.9. The molecule has 3 aromatic rings. The number of benzene rings is 3.